The van der Waals surface area contributed by atoms with Crippen molar-refractivity contribution in [1.29, 1.82) is 0 Å². The van der Waals surface area contributed by atoms with E-state index < -0.39 is 0 Å². The average molecular weight is 300 g/mol. The van der Waals surface area contributed by atoms with Gasteiger partial charge in [-0.15, -0.1) is 0 Å². The van der Waals surface area contributed by atoms with Gasteiger partial charge in [0.15, 0.2) is 0 Å². The number of carbonyl (C=O) groups is 1. The number of carbonyl (C=O) groups excluding carboxylic acids is 1. The van der Waals surface area contributed by atoms with E-state index in [2.05, 4.69) is 49.0 Å². The molecule has 120 valence electrons. The first kappa shape index (κ1) is 15.5. The maximum Gasteiger partial charge on any atom is 0.222 e. The number of fused-ring (bicyclic) bond motifs is 2. The van der Waals surface area contributed by atoms with E-state index in [-0.39, 0.29) is 5.41 Å². The van der Waals surface area contributed by atoms with Crippen LogP contribution in [0.15, 0.2) is 18.2 Å². The van der Waals surface area contributed by atoms with E-state index in [0.29, 0.717) is 18.4 Å². The van der Waals surface area contributed by atoms with Crippen molar-refractivity contribution in [1.82, 2.24) is 9.80 Å². The smallest absolute Gasteiger partial charge is 0.222 e. The summed E-state index contributed by atoms with van der Waals surface area (Å²) in [6.45, 7) is 5.98. The molecule has 0 saturated carbocycles. The molecule has 1 spiro atoms. The molecule has 1 amide bonds. The number of rotatable bonds is 2. The van der Waals surface area contributed by atoms with Crippen molar-refractivity contribution in [2.75, 3.05) is 27.2 Å². The lowest BCUT2D eigenvalue weighted by atomic mass is 9.73. The fourth-order valence-electron chi connectivity index (χ4n) is 4.35. The largest absolute Gasteiger partial charge is 0.343 e. The zero-order chi connectivity index (χ0) is 15.9. The molecule has 3 rings (SSSR count). The monoisotopic (exact) mass is 300 g/mol. The molecule has 1 aromatic rings. The Bertz CT molecular complexity index is 571. The van der Waals surface area contributed by atoms with E-state index in [1.54, 1.807) is 5.56 Å². The van der Waals surface area contributed by atoms with Crippen LogP contribution in [0, 0.1) is 6.92 Å². The lowest BCUT2D eigenvalue weighted by Crippen LogP contribution is -2.44. The van der Waals surface area contributed by atoms with Crippen molar-refractivity contribution in [3.8, 4) is 0 Å². The number of hydrogen-bond acceptors (Lipinski definition) is 2. The van der Waals surface area contributed by atoms with Crippen LogP contribution in [0.3, 0.4) is 0 Å². The van der Waals surface area contributed by atoms with Gasteiger partial charge in [0.25, 0.3) is 0 Å². The Labute approximate surface area is 134 Å². The molecule has 0 radical (unpaired) electrons. The van der Waals surface area contributed by atoms with Crippen LogP contribution in [0.5, 0.6) is 0 Å². The number of benzene rings is 1. The van der Waals surface area contributed by atoms with Gasteiger partial charge >= 0.3 is 0 Å². The lowest BCUT2D eigenvalue weighted by Gasteiger charge is -2.40. The second-order valence-corrected chi connectivity index (χ2v) is 7.29. The fourth-order valence-corrected chi connectivity index (χ4v) is 4.35. The van der Waals surface area contributed by atoms with Gasteiger partial charge in [0.2, 0.25) is 5.91 Å². The highest BCUT2D eigenvalue weighted by Gasteiger charge is 2.46. The van der Waals surface area contributed by atoms with E-state index in [1.807, 2.05) is 6.92 Å². The Hall–Kier alpha value is -1.35. The second kappa shape index (κ2) is 5.69. The molecule has 0 aromatic heterocycles. The summed E-state index contributed by atoms with van der Waals surface area (Å²) in [5, 5.41) is 0. The quantitative estimate of drug-likeness (QED) is 0.837. The van der Waals surface area contributed by atoms with Crippen molar-refractivity contribution in [2.24, 2.45) is 0 Å². The third-order valence-electron chi connectivity index (χ3n) is 5.72. The number of aryl methyl sites for hydroxylation is 1. The van der Waals surface area contributed by atoms with Crippen LogP contribution in [0.4, 0.5) is 0 Å². The van der Waals surface area contributed by atoms with E-state index in [4.69, 9.17) is 0 Å². The van der Waals surface area contributed by atoms with Gasteiger partial charge in [-0.3, -0.25) is 4.79 Å². The van der Waals surface area contributed by atoms with E-state index in [0.717, 1.165) is 25.9 Å². The molecule has 1 saturated heterocycles. The van der Waals surface area contributed by atoms with Crippen molar-refractivity contribution < 1.29 is 4.79 Å². The van der Waals surface area contributed by atoms with E-state index >= 15 is 0 Å². The number of piperidine rings is 1. The molecular formula is C19H28N2O. The van der Waals surface area contributed by atoms with E-state index in [1.165, 1.54) is 17.5 Å². The Balaban J connectivity index is 1.90. The van der Waals surface area contributed by atoms with Crippen molar-refractivity contribution >= 4 is 5.91 Å². The highest BCUT2D eigenvalue weighted by Crippen LogP contribution is 2.52. The first-order valence-corrected chi connectivity index (χ1v) is 8.52. The Morgan fingerprint density at radius 2 is 2.00 bits per heavy atom. The molecule has 1 atom stereocenters. The maximum atomic E-state index is 12.0. The van der Waals surface area contributed by atoms with Crippen LogP contribution in [-0.4, -0.2) is 42.9 Å². The van der Waals surface area contributed by atoms with Crippen LogP contribution in [0.1, 0.15) is 55.3 Å². The molecule has 2 aliphatic rings. The molecule has 1 aliphatic heterocycles. The highest BCUT2D eigenvalue weighted by molar-refractivity contribution is 5.76. The molecule has 0 bridgehead atoms. The summed E-state index contributed by atoms with van der Waals surface area (Å²) in [4.78, 5) is 16.4. The standard InChI is InChI=1S/C19H28N2O/c1-5-18(22)21-10-8-19(9-11-21)13-17(20(3)4)15-7-6-14(2)12-16(15)19/h6-7,12,17H,5,8-11,13H2,1-4H3/t17-/m1/s1. The minimum atomic E-state index is 0.279. The summed E-state index contributed by atoms with van der Waals surface area (Å²) in [5.74, 6) is 0.307. The molecule has 3 heteroatoms. The Morgan fingerprint density at radius 3 is 2.59 bits per heavy atom. The maximum absolute atomic E-state index is 12.0. The molecule has 1 aliphatic carbocycles. The number of likely N-dealkylation sites (tertiary alicyclic amines) is 1. The fraction of sp³-hybridized carbons (Fsp3) is 0.632. The van der Waals surface area contributed by atoms with Crippen LogP contribution < -0.4 is 0 Å². The third kappa shape index (κ3) is 2.45. The summed E-state index contributed by atoms with van der Waals surface area (Å²) in [5.41, 5.74) is 4.69. The average Bonchev–Trinajstić information content (AvgIpc) is 2.82. The van der Waals surface area contributed by atoms with Gasteiger partial charge in [0.05, 0.1) is 0 Å². The minimum Gasteiger partial charge on any atom is -0.343 e. The summed E-state index contributed by atoms with van der Waals surface area (Å²) in [6, 6.07) is 7.48. The predicted octanol–water partition coefficient (Wildman–Crippen LogP) is 3.27. The molecule has 22 heavy (non-hydrogen) atoms. The summed E-state index contributed by atoms with van der Waals surface area (Å²) < 4.78 is 0. The van der Waals surface area contributed by atoms with Gasteiger partial charge in [-0.1, -0.05) is 30.7 Å². The predicted molar refractivity (Wildman–Crippen MR) is 90.0 cm³/mol. The van der Waals surface area contributed by atoms with Crippen LogP contribution >= 0.6 is 0 Å². The van der Waals surface area contributed by atoms with Gasteiger partial charge in [-0.25, -0.2) is 0 Å². The highest BCUT2D eigenvalue weighted by atomic mass is 16.2. The number of hydrogen-bond donors (Lipinski definition) is 0. The zero-order valence-electron chi connectivity index (χ0n) is 14.4. The van der Waals surface area contributed by atoms with Crippen molar-refractivity contribution in [3.05, 3.63) is 34.9 Å². The normalized spacial score (nSPS) is 23.1. The molecular weight excluding hydrogens is 272 g/mol. The van der Waals surface area contributed by atoms with Crippen LogP contribution in [-0.2, 0) is 10.2 Å². The number of nitrogens with zero attached hydrogens (tertiary/aromatic N) is 2. The summed E-state index contributed by atoms with van der Waals surface area (Å²) >= 11 is 0. The third-order valence-corrected chi connectivity index (χ3v) is 5.72. The Kier molecular flexibility index (Phi) is 4.02. The van der Waals surface area contributed by atoms with Gasteiger partial charge in [-0.05, 0) is 51.4 Å². The molecule has 0 unspecified atom stereocenters. The van der Waals surface area contributed by atoms with Crippen LogP contribution in [0.25, 0.3) is 0 Å². The lowest BCUT2D eigenvalue weighted by molar-refractivity contribution is -0.132. The molecule has 3 nitrogen and oxygen atoms in total. The topological polar surface area (TPSA) is 23.6 Å². The molecule has 0 N–H and O–H groups in total. The Morgan fingerprint density at radius 1 is 1.32 bits per heavy atom. The zero-order valence-corrected chi connectivity index (χ0v) is 14.4. The summed E-state index contributed by atoms with van der Waals surface area (Å²) in [6.07, 6.45) is 4.05. The molecule has 1 fully saturated rings. The minimum absolute atomic E-state index is 0.279. The summed E-state index contributed by atoms with van der Waals surface area (Å²) in [7, 11) is 4.37. The van der Waals surface area contributed by atoms with Gasteiger partial charge in [0.1, 0.15) is 0 Å². The van der Waals surface area contributed by atoms with Gasteiger partial charge < -0.3 is 9.80 Å². The van der Waals surface area contributed by atoms with Gasteiger partial charge in [0, 0.05) is 31.0 Å². The first-order valence-electron chi connectivity index (χ1n) is 8.52. The van der Waals surface area contributed by atoms with Crippen molar-refractivity contribution in [2.45, 2.75) is 51.0 Å². The molecule has 1 heterocycles. The van der Waals surface area contributed by atoms with Crippen LogP contribution in [0.2, 0.25) is 0 Å². The SMILES string of the molecule is CCC(=O)N1CCC2(CC1)C[C@@H](N(C)C)c1ccc(C)cc12. The molecule has 1 aromatic carbocycles. The van der Waals surface area contributed by atoms with Gasteiger partial charge in [-0.2, -0.15) is 0 Å². The second-order valence-electron chi connectivity index (χ2n) is 7.29. The number of amides is 1. The van der Waals surface area contributed by atoms with E-state index in [9.17, 15) is 4.79 Å². The first-order chi connectivity index (χ1) is 10.5. The van der Waals surface area contributed by atoms with Crippen molar-refractivity contribution in [3.63, 3.8) is 0 Å².